The van der Waals surface area contributed by atoms with Crippen molar-refractivity contribution in [2.75, 3.05) is 13.2 Å². The number of Topliss-reactive ketones (excluding diaryl/α,β-unsaturated/α-hetero) is 1. The van der Waals surface area contributed by atoms with Gasteiger partial charge in [0.25, 0.3) is 0 Å². The minimum atomic E-state index is -0.780. The van der Waals surface area contributed by atoms with Gasteiger partial charge in [0, 0.05) is 13.0 Å². The third-order valence-electron chi connectivity index (χ3n) is 2.36. The Bertz CT molecular complexity index is 325. The van der Waals surface area contributed by atoms with Crippen molar-refractivity contribution in [3.05, 3.63) is 11.6 Å². The van der Waals surface area contributed by atoms with Gasteiger partial charge in [0.15, 0.2) is 5.78 Å². The third kappa shape index (κ3) is 2.88. The molecule has 0 aliphatic carbocycles. The van der Waals surface area contributed by atoms with Crippen molar-refractivity contribution in [1.82, 2.24) is 0 Å². The molecular weight excluding hydrogens is 194 g/mol. The van der Waals surface area contributed by atoms with Crippen LogP contribution < -0.4 is 0 Å². The molecule has 0 aromatic heterocycles. The molecule has 1 N–H and O–H groups in total. The number of ether oxygens (including phenoxy) is 1. The average Bonchev–Trinajstić information content (AvgIpc) is 2.23. The van der Waals surface area contributed by atoms with Crippen LogP contribution in [0.3, 0.4) is 0 Å². The number of hydrogen-bond acceptors (Lipinski definition) is 4. The van der Waals surface area contributed by atoms with Gasteiger partial charge < -0.3 is 9.84 Å². The van der Waals surface area contributed by atoms with Gasteiger partial charge in [-0.05, 0) is 6.08 Å². The second kappa shape index (κ2) is 4.56. The number of hydrogen-bond donors (Lipinski definition) is 1. The van der Waals surface area contributed by atoms with Gasteiger partial charge in [0.1, 0.15) is 6.07 Å². The highest BCUT2D eigenvalue weighted by Gasteiger charge is 2.31. The number of aliphatic hydroxyl groups is 1. The van der Waals surface area contributed by atoms with E-state index in [0.717, 1.165) is 0 Å². The van der Waals surface area contributed by atoms with Gasteiger partial charge in [-0.25, -0.2) is 0 Å². The molecule has 1 aliphatic heterocycles. The molecule has 1 rings (SSSR count). The standard InChI is InChI=1S/C11H15NO3/c1-11(2)7-15-4-3-9(13)5-8(6-12)10(11)14/h5,9,13H,3-4,7H2,1-2H3/b8-5-. The molecule has 0 spiro atoms. The van der Waals surface area contributed by atoms with Crippen LogP contribution >= 0.6 is 0 Å². The van der Waals surface area contributed by atoms with Crippen molar-refractivity contribution in [3.63, 3.8) is 0 Å². The van der Waals surface area contributed by atoms with Crippen molar-refractivity contribution in [3.8, 4) is 6.07 Å². The maximum absolute atomic E-state index is 11.9. The van der Waals surface area contributed by atoms with E-state index in [2.05, 4.69) is 0 Å². The molecule has 0 saturated heterocycles. The van der Waals surface area contributed by atoms with Gasteiger partial charge in [0.05, 0.1) is 23.7 Å². The topological polar surface area (TPSA) is 70.3 Å². The van der Waals surface area contributed by atoms with E-state index in [-0.39, 0.29) is 18.0 Å². The van der Waals surface area contributed by atoms with Crippen LogP contribution in [0.5, 0.6) is 0 Å². The zero-order chi connectivity index (χ0) is 11.5. The minimum absolute atomic E-state index is 0.0259. The number of ketones is 1. The molecule has 0 aromatic carbocycles. The Morgan fingerprint density at radius 1 is 1.67 bits per heavy atom. The Hall–Kier alpha value is -1.18. The summed E-state index contributed by atoms with van der Waals surface area (Å²) in [6.45, 7) is 4.14. The summed E-state index contributed by atoms with van der Waals surface area (Å²) in [6.07, 6.45) is 0.949. The zero-order valence-electron chi connectivity index (χ0n) is 8.99. The Morgan fingerprint density at radius 3 is 2.93 bits per heavy atom. The van der Waals surface area contributed by atoms with Crippen LogP contribution in [0.15, 0.2) is 11.6 Å². The molecule has 0 fully saturated rings. The van der Waals surface area contributed by atoms with Crippen LogP contribution in [0.1, 0.15) is 20.3 Å². The molecule has 82 valence electrons. The van der Waals surface area contributed by atoms with Crippen LogP contribution in [0.4, 0.5) is 0 Å². The van der Waals surface area contributed by atoms with Crippen LogP contribution in [-0.4, -0.2) is 30.2 Å². The highest BCUT2D eigenvalue weighted by atomic mass is 16.5. The van der Waals surface area contributed by atoms with E-state index in [1.54, 1.807) is 13.8 Å². The second-order valence-electron chi connectivity index (χ2n) is 4.31. The Balaban J connectivity index is 3.02. The van der Waals surface area contributed by atoms with E-state index in [0.29, 0.717) is 13.0 Å². The Morgan fingerprint density at radius 2 is 2.33 bits per heavy atom. The largest absolute Gasteiger partial charge is 0.389 e. The zero-order valence-corrected chi connectivity index (χ0v) is 8.99. The van der Waals surface area contributed by atoms with Crippen LogP contribution in [-0.2, 0) is 9.53 Å². The Kier molecular flexibility index (Phi) is 3.61. The summed E-state index contributed by atoms with van der Waals surface area (Å²) in [5.41, 5.74) is -0.677. The number of nitriles is 1. The smallest absolute Gasteiger partial charge is 0.181 e. The number of allylic oxidation sites excluding steroid dienone is 1. The lowest BCUT2D eigenvalue weighted by atomic mass is 9.85. The number of rotatable bonds is 0. The lowest BCUT2D eigenvalue weighted by molar-refractivity contribution is -0.125. The first-order chi connectivity index (χ1) is 6.97. The maximum atomic E-state index is 11.9. The molecule has 0 amide bonds. The lowest BCUT2D eigenvalue weighted by Crippen LogP contribution is -2.30. The number of carbonyl (C=O) groups excluding carboxylic acids is 1. The molecule has 0 radical (unpaired) electrons. The van der Waals surface area contributed by atoms with E-state index in [9.17, 15) is 9.90 Å². The average molecular weight is 209 g/mol. The first-order valence-electron chi connectivity index (χ1n) is 4.90. The number of carbonyl (C=O) groups is 1. The van der Waals surface area contributed by atoms with Gasteiger partial charge in [-0.3, -0.25) is 4.79 Å². The van der Waals surface area contributed by atoms with E-state index in [4.69, 9.17) is 10.00 Å². The quantitative estimate of drug-likeness (QED) is 0.641. The highest BCUT2D eigenvalue weighted by molar-refractivity contribution is 6.02. The second-order valence-corrected chi connectivity index (χ2v) is 4.31. The van der Waals surface area contributed by atoms with E-state index in [1.807, 2.05) is 6.07 Å². The normalized spacial score (nSPS) is 30.4. The number of aliphatic hydroxyl groups excluding tert-OH is 1. The molecular formula is C11H15NO3. The monoisotopic (exact) mass is 209 g/mol. The molecule has 1 aliphatic rings. The molecule has 4 heteroatoms. The van der Waals surface area contributed by atoms with Crippen molar-refractivity contribution < 1.29 is 14.6 Å². The van der Waals surface area contributed by atoms with Crippen molar-refractivity contribution in [2.24, 2.45) is 5.41 Å². The molecule has 4 nitrogen and oxygen atoms in total. The van der Waals surface area contributed by atoms with Gasteiger partial charge in [-0.1, -0.05) is 13.8 Å². The van der Waals surface area contributed by atoms with Gasteiger partial charge in [0.2, 0.25) is 0 Å². The highest BCUT2D eigenvalue weighted by Crippen LogP contribution is 2.23. The van der Waals surface area contributed by atoms with E-state index < -0.39 is 11.5 Å². The van der Waals surface area contributed by atoms with Crippen molar-refractivity contribution >= 4 is 5.78 Å². The van der Waals surface area contributed by atoms with Crippen LogP contribution in [0.25, 0.3) is 0 Å². The third-order valence-corrected chi connectivity index (χ3v) is 2.36. The van der Waals surface area contributed by atoms with Crippen molar-refractivity contribution in [1.29, 1.82) is 5.26 Å². The van der Waals surface area contributed by atoms with Crippen molar-refractivity contribution in [2.45, 2.75) is 26.4 Å². The van der Waals surface area contributed by atoms with Crippen LogP contribution in [0.2, 0.25) is 0 Å². The van der Waals surface area contributed by atoms with Gasteiger partial charge in [-0.2, -0.15) is 5.26 Å². The molecule has 1 unspecified atom stereocenters. The lowest BCUT2D eigenvalue weighted by Gasteiger charge is -2.21. The summed E-state index contributed by atoms with van der Waals surface area (Å²) in [4.78, 5) is 11.9. The Labute approximate surface area is 89.2 Å². The predicted octanol–water partition coefficient (Wildman–Crippen LogP) is 0.813. The van der Waals surface area contributed by atoms with Gasteiger partial charge in [-0.15, -0.1) is 0 Å². The molecule has 1 atom stereocenters. The SMILES string of the molecule is CC1(C)COCCC(O)/C=C(/C#N)C1=O. The fourth-order valence-electron chi connectivity index (χ4n) is 1.40. The maximum Gasteiger partial charge on any atom is 0.181 e. The summed E-state index contributed by atoms with van der Waals surface area (Å²) in [7, 11) is 0. The summed E-state index contributed by atoms with van der Waals surface area (Å²) in [5.74, 6) is -0.272. The number of nitrogens with zero attached hydrogens (tertiary/aromatic N) is 1. The summed E-state index contributed by atoms with van der Waals surface area (Å²) >= 11 is 0. The predicted molar refractivity (Wildman–Crippen MR) is 53.9 cm³/mol. The first kappa shape index (κ1) is 11.9. The molecule has 0 saturated carbocycles. The summed E-state index contributed by atoms with van der Waals surface area (Å²) < 4.78 is 5.28. The fourth-order valence-corrected chi connectivity index (χ4v) is 1.40. The summed E-state index contributed by atoms with van der Waals surface area (Å²) in [6, 6.07) is 1.83. The molecule has 0 aromatic rings. The van der Waals surface area contributed by atoms with Crippen LogP contribution in [0, 0.1) is 16.7 Å². The molecule has 1 heterocycles. The summed E-state index contributed by atoms with van der Waals surface area (Å²) in [5, 5.41) is 18.3. The molecule has 15 heavy (non-hydrogen) atoms. The molecule has 0 bridgehead atoms. The van der Waals surface area contributed by atoms with E-state index in [1.165, 1.54) is 6.08 Å². The van der Waals surface area contributed by atoms with Gasteiger partial charge >= 0.3 is 0 Å². The minimum Gasteiger partial charge on any atom is -0.389 e. The fraction of sp³-hybridized carbons (Fsp3) is 0.636. The first-order valence-corrected chi connectivity index (χ1v) is 4.90. The van der Waals surface area contributed by atoms with E-state index >= 15 is 0 Å².